The Labute approximate surface area is 187 Å². The van der Waals surface area contributed by atoms with Gasteiger partial charge in [0.2, 0.25) is 0 Å². The van der Waals surface area contributed by atoms with E-state index in [2.05, 4.69) is 5.32 Å². The van der Waals surface area contributed by atoms with Crippen LogP contribution in [0.3, 0.4) is 0 Å². The first-order valence-electron chi connectivity index (χ1n) is 10.5. The molecule has 0 saturated carbocycles. The zero-order valence-electron chi connectivity index (χ0n) is 18.1. The molecule has 0 aromatic heterocycles. The number of hydrogen-bond acceptors (Lipinski definition) is 7. The Bertz CT molecular complexity index is 1100. The van der Waals surface area contributed by atoms with Crippen molar-refractivity contribution < 1.29 is 27.9 Å². The van der Waals surface area contributed by atoms with Crippen LogP contribution in [0.4, 0.5) is 0 Å². The van der Waals surface area contributed by atoms with Gasteiger partial charge in [0.1, 0.15) is 11.8 Å². The number of aliphatic carboxylic acids is 1. The first-order chi connectivity index (χ1) is 15.1. The molecule has 2 atom stereocenters. The number of esters is 1. The highest BCUT2D eigenvalue weighted by molar-refractivity contribution is 7.91. The van der Waals surface area contributed by atoms with Crippen LogP contribution in [0.1, 0.15) is 50.3 Å². The number of carbonyl (C=O) groups excluding carboxylic acids is 1. The van der Waals surface area contributed by atoms with Gasteiger partial charge in [-0.3, -0.25) is 10.1 Å². The van der Waals surface area contributed by atoms with E-state index in [0.29, 0.717) is 18.4 Å². The van der Waals surface area contributed by atoms with E-state index in [9.17, 15) is 18.0 Å². The molecule has 0 spiro atoms. The van der Waals surface area contributed by atoms with Crippen LogP contribution in [0, 0.1) is 0 Å². The van der Waals surface area contributed by atoms with E-state index >= 15 is 0 Å². The number of benzene rings is 2. The average Bonchev–Trinajstić information content (AvgIpc) is 2.86. The highest BCUT2D eigenvalue weighted by Gasteiger charge is 2.41. The van der Waals surface area contributed by atoms with Gasteiger partial charge in [0.05, 0.1) is 23.1 Å². The maximum absolute atomic E-state index is 13.4. The quantitative estimate of drug-likeness (QED) is 0.423. The molecule has 4 N–H and O–H groups in total. The minimum absolute atomic E-state index is 0.00507. The van der Waals surface area contributed by atoms with E-state index in [-0.39, 0.29) is 22.4 Å². The minimum atomic E-state index is -3.73. The maximum atomic E-state index is 13.4. The van der Waals surface area contributed by atoms with Gasteiger partial charge >= 0.3 is 11.9 Å². The van der Waals surface area contributed by atoms with Gasteiger partial charge in [0.15, 0.2) is 9.84 Å². The Morgan fingerprint density at radius 1 is 1.19 bits per heavy atom. The third kappa shape index (κ3) is 5.01. The Morgan fingerprint density at radius 3 is 2.44 bits per heavy atom. The van der Waals surface area contributed by atoms with Crippen LogP contribution in [0.25, 0.3) is 0 Å². The van der Waals surface area contributed by atoms with Crippen molar-refractivity contribution in [3.63, 3.8) is 0 Å². The third-order valence-corrected chi connectivity index (χ3v) is 7.91. The van der Waals surface area contributed by atoms with Crippen molar-refractivity contribution in [1.82, 2.24) is 5.32 Å². The molecule has 0 amide bonds. The Hall–Kier alpha value is -2.75. The molecular weight excluding hydrogens is 432 g/mol. The molecule has 0 fully saturated rings. The number of hydrogen-bond donors (Lipinski definition) is 3. The predicted octanol–water partition coefficient (Wildman–Crippen LogP) is 2.42. The molecule has 1 aliphatic rings. The van der Waals surface area contributed by atoms with Gasteiger partial charge in [-0.1, -0.05) is 50.2 Å². The van der Waals surface area contributed by atoms with Gasteiger partial charge in [-0.05, 0) is 36.1 Å². The lowest BCUT2D eigenvalue weighted by atomic mass is 9.90. The van der Waals surface area contributed by atoms with E-state index in [1.165, 1.54) is 12.1 Å². The summed E-state index contributed by atoms with van der Waals surface area (Å²) in [5, 5.41) is 12.4. The Morgan fingerprint density at radius 2 is 1.84 bits per heavy atom. The second kappa shape index (κ2) is 9.40. The van der Waals surface area contributed by atoms with Gasteiger partial charge in [0, 0.05) is 5.54 Å². The lowest BCUT2D eigenvalue weighted by Gasteiger charge is -2.34. The number of carboxylic acid groups (broad SMARTS) is 1. The average molecular weight is 461 g/mol. The normalized spacial score (nSPS) is 19.9. The van der Waals surface area contributed by atoms with Gasteiger partial charge in [-0.25, -0.2) is 13.2 Å². The van der Waals surface area contributed by atoms with Gasteiger partial charge in [-0.2, -0.15) is 0 Å². The molecule has 1 heterocycles. The van der Waals surface area contributed by atoms with Crippen LogP contribution in [0.15, 0.2) is 53.4 Å². The van der Waals surface area contributed by atoms with Crippen molar-refractivity contribution in [2.45, 2.75) is 55.6 Å². The fourth-order valence-corrected chi connectivity index (χ4v) is 6.20. The molecule has 32 heavy (non-hydrogen) atoms. The van der Waals surface area contributed by atoms with Crippen LogP contribution in [-0.4, -0.2) is 42.8 Å². The molecule has 0 aliphatic carbocycles. The van der Waals surface area contributed by atoms with E-state index in [1.807, 2.05) is 44.2 Å². The summed E-state index contributed by atoms with van der Waals surface area (Å²) in [4.78, 5) is 23.0. The van der Waals surface area contributed by atoms with Crippen LogP contribution in [-0.2, 0) is 19.4 Å². The van der Waals surface area contributed by atoms with Crippen molar-refractivity contribution in [1.29, 1.82) is 0 Å². The number of carboxylic acids is 1. The second-order valence-corrected chi connectivity index (χ2v) is 10.0. The van der Waals surface area contributed by atoms with Crippen molar-refractivity contribution >= 4 is 21.8 Å². The van der Waals surface area contributed by atoms with Crippen molar-refractivity contribution in [3.05, 3.63) is 59.7 Å². The molecule has 2 aromatic carbocycles. The second-order valence-electron chi connectivity index (χ2n) is 8.06. The molecule has 2 aromatic rings. The van der Waals surface area contributed by atoms with E-state index in [0.717, 1.165) is 5.56 Å². The van der Waals surface area contributed by atoms with E-state index in [4.69, 9.17) is 15.6 Å². The molecular formula is C23H28N2O6S. The number of nitrogens with two attached hydrogens (primary N) is 1. The van der Waals surface area contributed by atoms with Crippen LogP contribution in [0.5, 0.6) is 5.75 Å². The summed E-state index contributed by atoms with van der Waals surface area (Å²) in [6.45, 7) is 3.92. The number of rotatable bonds is 7. The molecule has 0 bridgehead atoms. The SMILES string of the molecule is CCC1(CC)CS(=O)(=O)c2cc(OC(=O)[C@@H](N)CC(=O)O)ccc2C(c2ccccc2)N1. The van der Waals surface area contributed by atoms with Gasteiger partial charge < -0.3 is 15.6 Å². The lowest BCUT2D eigenvalue weighted by Crippen LogP contribution is -2.49. The molecule has 9 heteroatoms. The number of carbonyl (C=O) groups is 2. The van der Waals surface area contributed by atoms with Crippen molar-refractivity contribution in [2.75, 3.05) is 5.75 Å². The molecule has 172 valence electrons. The highest BCUT2D eigenvalue weighted by Crippen LogP contribution is 2.38. The molecule has 0 saturated heterocycles. The number of fused-ring (bicyclic) bond motifs is 1. The summed E-state index contributed by atoms with van der Waals surface area (Å²) in [7, 11) is -3.73. The summed E-state index contributed by atoms with van der Waals surface area (Å²) in [5.41, 5.74) is 6.43. The molecule has 1 unspecified atom stereocenters. The third-order valence-electron chi connectivity index (χ3n) is 5.95. The summed E-state index contributed by atoms with van der Waals surface area (Å²) in [6, 6.07) is 12.3. The standard InChI is InChI=1S/C23H28N2O6S/c1-3-23(4-2)14-32(29,30)19-12-16(31-22(28)18(24)13-20(26)27)10-11-17(19)21(25-23)15-8-6-5-7-9-15/h5-12,18,21,25H,3-4,13-14,24H2,1-2H3,(H,26,27)/t18-,21?/m0/s1. The van der Waals surface area contributed by atoms with Crippen molar-refractivity contribution in [2.24, 2.45) is 5.73 Å². The first kappa shape index (κ1) is 23.9. The zero-order chi connectivity index (χ0) is 23.5. The number of nitrogens with one attached hydrogen (secondary N) is 1. The van der Waals surface area contributed by atoms with Crippen molar-refractivity contribution in [3.8, 4) is 5.75 Å². The maximum Gasteiger partial charge on any atom is 0.328 e. The molecule has 8 nitrogen and oxygen atoms in total. The fourth-order valence-electron chi connectivity index (χ4n) is 3.98. The lowest BCUT2D eigenvalue weighted by molar-refractivity contribution is -0.143. The van der Waals surface area contributed by atoms with Crippen LogP contribution < -0.4 is 15.8 Å². The predicted molar refractivity (Wildman–Crippen MR) is 119 cm³/mol. The van der Waals surface area contributed by atoms with Gasteiger partial charge in [-0.15, -0.1) is 0 Å². The summed E-state index contributed by atoms with van der Waals surface area (Å²) in [5.74, 6) is -2.26. The number of sulfone groups is 1. The van der Waals surface area contributed by atoms with E-state index < -0.39 is 39.8 Å². The minimum Gasteiger partial charge on any atom is -0.481 e. The Balaban J connectivity index is 2.08. The van der Waals surface area contributed by atoms with Gasteiger partial charge in [0.25, 0.3) is 0 Å². The van der Waals surface area contributed by atoms with Crippen LogP contribution >= 0.6 is 0 Å². The zero-order valence-corrected chi connectivity index (χ0v) is 18.9. The fraction of sp³-hybridized carbons (Fsp3) is 0.391. The summed E-state index contributed by atoms with van der Waals surface area (Å²) in [6.07, 6.45) is 0.648. The van der Waals surface area contributed by atoms with E-state index in [1.54, 1.807) is 6.07 Å². The molecule has 1 aliphatic heterocycles. The topological polar surface area (TPSA) is 136 Å². The first-order valence-corrected chi connectivity index (χ1v) is 12.1. The van der Waals surface area contributed by atoms with Crippen LogP contribution in [0.2, 0.25) is 0 Å². The number of ether oxygens (including phenoxy) is 1. The Kier molecular flexibility index (Phi) is 7.02. The highest BCUT2D eigenvalue weighted by atomic mass is 32.2. The summed E-state index contributed by atoms with van der Waals surface area (Å²) < 4.78 is 32.1. The largest absolute Gasteiger partial charge is 0.481 e. The smallest absolute Gasteiger partial charge is 0.328 e. The molecule has 0 radical (unpaired) electrons. The molecule has 3 rings (SSSR count). The summed E-state index contributed by atoms with van der Waals surface area (Å²) >= 11 is 0. The monoisotopic (exact) mass is 460 g/mol.